The number of hydrogen-bond acceptors (Lipinski definition) is 3. The van der Waals surface area contributed by atoms with E-state index in [1.54, 1.807) is 24.5 Å². The Hall–Kier alpha value is -2.21. The van der Waals surface area contributed by atoms with Crippen LogP contribution in [0.4, 0.5) is 5.69 Å². The normalized spacial score (nSPS) is 9.74. The first-order valence-corrected chi connectivity index (χ1v) is 6.25. The summed E-state index contributed by atoms with van der Waals surface area (Å²) in [5.41, 5.74) is 2.22. The molecule has 3 aromatic rings. The first kappa shape index (κ1) is 13.2. The molecule has 0 radical (unpaired) electrons. The van der Waals surface area contributed by atoms with E-state index in [1.807, 2.05) is 24.3 Å². The number of benzene rings is 2. The van der Waals surface area contributed by atoms with Gasteiger partial charge in [0.05, 0.1) is 26.8 Å². The number of nitro groups is 1. The van der Waals surface area contributed by atoms with Gasteiger partial charge in [-0.2, -0.15) is 0 Å². The number of nitrogens with zero attached hydrogens (tertiary/aromatic N) is 2. The molecular weight excluding hydrogens is 310 g/mol. The minimum absolute atomic E-state index is 0.0995. The zero-order chi connectivity index (χ0) is 13.7. The van der Waals surface area contributed by atoms with Gasteiger partial charge in [0.1, 0.15) is 0 Å². The lowest BCUT2D eigenvalue weighted by Gasteiger charge is -1.91. The average molecular weight is 320 g/mol. The van der Waals surface area contributed by atoms with Crippen molar-refractivity contribution in [1.82, 2.24) is 9.97 Å². The Morgan fingerprint density at radius 3 is 2.42 bits per heavy atom. The summed E-state index contributed by atoms with van der Waals surface area (Å²) in [6.45, 7) is 0. The number of H-pyrrole nitrogens is 1. The minimum Gasteiger partial charge on any atom is -0.345 e. The van der Waals surface area contributed by atoms with Crippen LogP contribution in [-0.4, -0.2) is 14.9 Å². The molecule has 0 saturated heterocycles. The number of para-hydroxylation sites is 3. The lowest BCUT2D eigenvalue weighted by molar-refractivity contribution is -0.385. The summed E-state index contributed by atoms with van der Waals surface area (Å²) in [4.78, 5) is 16.8. The number of hydrogen-bond donors (Lipinski definition) is 1. The fourth-order valence-corrected chi connectivity index (χ4v) is 1.91. The van der Waals surface area contributed by atoms with Crippen LogP contribution in [0.3, 0.4) is 0 Å². The van der Waals surface area contributed by atoms with Gasteiger partial charge >= 0.3 is 0 Å². The third-order valence-electron chi connectivity index (χ3n) is 2.38. The Morgan fingerprint density at radius 1 is 1.11 bits per heavy atom. The second-order valence-corrected chi connectivity index (χ2v) is 4.48. The first-order chi connectivity index (χ1) is 9.18. The molecule has 19 heavy (non-hydrogen) atoms. The van der Waals surface area contributed by atoms with E-state index in [1.165, 1.54) is 6.07 Å². The molecule has 6 heteroatoms. The molecule has 96 valence electrons. The van der Waals surface area contributed by atoms with E-state index in [2.05, 4.69) is 25.9 Å². The number of halogens is 1. The molecule has 0 fully saturated rings. The smallest absolute Gasteiger partial charge is 0.283 e. The largest absolute Gasteiger partial charge is 0.345 e. The van der Waals surface area contributed by atoms with Crippen molar-refractivity contribution in [2.45, 2.75) is 0 Å². The summed E-state index contributed by atoms with van der Waals surface area (Å²) in [5.74, 6) is 0. The summed E-state index contributed by atoms with van der Waals surface area (Å²) in [6, 6.07) is 14.4. The lowest BCUT2D eigenvalue weighted by atomic mass is 10.3. The van der Waals surface area contributed by atoms with Crippen molar-refractivity contribution in [3.8, 4) is 0 Å². The highest BCUT2D eigenvalue weighted by Crippen LogP contribution is 2.22. The fourth-order valence-electron chi connectivity index (χ4n) is 1.48. The van der Waals surface area contributed by atoms with Gasteiger partial charge in [0, 0.05) is 6.07 Å². The summed E-state index contributed by atoms with van der Waals surface area (Å²) in [5, 5.41) is 10.2. The van der Waals surface area contributed by atoms with Gasteiger partial charge in [-0.05, 0) is 34.1 Å². The zero-order valence-corrected chi connectivity index (χ0v) is 11.4. The van der Waals surface area contributed by atoms with Gasteiger partial charge in [-0.3, -0.25) is 10.1 Å². The monoisotopic (exact) mass is 319 g/mol. The molecule has 1 aromatic heterocycles. The van der Waals surface area contributed by atoms with Crippen molar-refractivity contribution in [2.75, 3.05) is 0 Å². The van der Waals surface area contributed by atoms with Crippen LogP contribution in [0.15, 0.2) is 59.3 Å². The van der Waals surface area contributed by atoms with Crippen molar-refractivity contribution in [3.63, 3.8) is 0 Å². The lowest BCUT2D eigenvalue weighted by Crippen LogP contribution is -1.87. The van der Waals surface area contributed by atoms with Gasteiger partial charge in [-0.1, -0.05) is 24.3 Å². The van der Waals surface area contributed by atoms with Crippen LogP contribution >= 0.6 is 15.9 Å². The van der Waals surface area contributed by atoms with Crippen LogP contribution in [0.5, 0.6) is 0 Å². The first-order valence-electron chi connectivity index (χ1n) is 5.45. The van der Waals surface area contributed by atoms with Gasteiger partial charge in [0.2, 0.25) is 0 Å². The molecule has 0 aliphatic heterocycles. The number of aromatic amines is 1. The van der Waals surface area contributed by atoms with Crippen LogP contribution in [0.25, 0.3) is 11.0 Å². The van der Waals surface area contributed by atoms with Crippen molar-refractivity contribution in [1.29, 1.82) is 0 Å². The van der Waals surface area contributed by atoms with Crippen LogP contribution in [-0.2, 0) is 0 Å². The van der Waals surface area contributed by atoms with Crippen molar-refractivity contribution in [3.05, 3.63) is 69.4 Å². The quantitative estimate of drug-likeness (QED) is 0.545. The summed E-state index contributed by atoms with van der Waals surface area (Å²) in [6.07, 6.45) is 1.70. The Kier molecular flexibility index (Phi) is 4.25. The van der Waals surface area contributed by atoms with Gasteiger partial charge < -0.3 is 4.98 Å². The van der Waals surface area contributed by atoms with E-state index >= 15 is 0 Å². The van der Waals surface area contributed by atoms with E-state index in [9.17, 15) is 10.1 Å². The Balaban J connectivity index is 0.000000141. The minimum atomic E-state index is -0.427. The maximum Gasteiger partial charge on any atom is 0.283 e. The fraction of sp³-hybridized carbons (Fsp3) is 0. The van der Waals surface area contributed by atoms with Crippen LogP contribution in [0, 0.1) is 10.1 Å². The van der Waals surface area contributed by atoms with E-state index in [-0.39, 0.29) is 5.69 Å². The maximum atomic E-state index is 10.2. The van der Waals surface area contributed by atoms with Crippen LogP contribution < -0.4 is 0 Å². The second-order valence-electron chi connectivity index (χ2n) is 3.63. The number of nitrogens with one attached hydrogen (secondary N) is 1. The molecule has 3 rings (SSSR count). The molecule has 1 N–H and O–H groups in total. The molecular formula is C13H10BrN3O2. The molecule has 0 saturated carbocycles. The summed E-state index contributed by atoms with van der Waals surface area (Å²) < 4.78 is 0.514. The van der Waals surface area contributed by atoms with Gasteiger partial charge in [0.25, 0.3) is 5.69 Å². The molecule has 0 aliphatic carbocycles. The number of rotatable bonds is 1. The maximum absolute atomic E-state index is 10.2. The number of aromatic nitrogens is 2. The van der Waals surface area contributed by atoms with Crippen molar-refractivity contribution < 1.29 is 4.92 Å². The highest BCUT2D eigenvalue weighted by Gasteiger charge is 2.07. The molecule has 2 aromatic carbocycles. The predicted octanol–water partition coefficient (Wildman–Crippen LogP) is 3.92. The molecule has 1 heterocycles. The van der Waals surface area contributed by atoms with Gasteiger partial charge in [-0.25, -0.2) is 4.98 Å². The SMILES string of the molecule is O=[N+]([O-])c1ccccc1Br.c1ccc2[nH]cnc2c1. The Bertz CT molecular complexity index is 667. The van der Waals surface area contributed by atoms with Gasteiger partial charge in [-0.15, -0.1) is 0 Å². The topological polar surface area (TPSA) is 71.8 Å². The highest BCUT2D eigenvalue weighted by molar-refractivity contribution is 9.10. The second kappa shape index (κ2) is 6.10. The molecule has 0 aliphatic rings. The van der Waals surface area contributed by atoms with E-state index < -0.39 is 4.92 Å². The number of fused-ring (bicyclic) bond motifs is 1. The van der Waals surface area contributed by atoms with Crippen molar-refractivity contribution in [2.24, 2.45) is 0 Å². The van der Waals surface area contributed by atoms with Crippen LogP contribution in [0.1, 0.15) is 0 Å². The number of imidazole rings is 1. The van der Waals surface area contributed by atoms with E-state index in [4.69, 9.17) is 0 Å². The Labute approximate surface area is 117 Å². The zero-order valence-electron chi connectivity index (χ0n) is 9.79. The third kappa shape index (κ3) is 3.38. The van der Waals surface area contributed by atoms with Gasteiger partial charge in [0.15, 0.2) is 0 Å². The average Bonchev–Trinajstić information content (AvgIpc) is 2.88. The highest BCUT2D eigenvalue weighted by atomic mass is 79.9. The summed E-state index contributed by atoms with van der Waals surface area (Å²) >= 11 is 3.06. The molecule has 0 spiro atoms. The molecule has 0 amide bonds. The third-order valence-corrected chi connectivity index (χ3v) is 3.05. The molecule has 0 bridgehead atoms. The number of nitro benzene ring substituents is 1. The molecule has 5 nitrogen and oxygen atoms in total. The van der Waals surface area contributed by atoms with Crippen molar-refractivity contribution >= 4 is 32.7 Å². The van der Waals surface area contributed by atoms with E-state index in [0.717, 1.165) is 11.0 Å². The Morgan fingerprint density at radius 2 is 1.79 bits per heavy atom. The summed E-state index contributed by atoms with van der Waals surface area (Å²) in [7, 11) is 0. The molecule has 0 unspecified atom stereocenters. The standard InChI is InChI=1S/C7H6N2.C6H4BrNO2/c1-2-4-7-6(3-1)8-5-9-7;7-5-3-1-2-4-6(5)8(9)10/h1-5H,(H,8,9);1-4H. The predicted molar refractivity (Wildman–Crippen MR) is 76.9 cm³/mol. The van der Waals surface area contributed by atoms with E-state index in [0.29, 0.717) is 4.47 Å². The molecule has 0 atom stereocenters. The van der Waals surface area contributed by atoms with Crippen LogP contribution in [0.2, 0.25) is 0 Å².